The molecule has 0 aliphatic heterocycles. The van der Waals surface area contributed by atoms with E-state index < -0.39 is 23.1 Å². The van der Waals surface area contributed by atoms with Crippen LogP contribution in [0.3, 0.4) is 0 Å². The van der Waals surface area contributed by atoms with E-state index in [1.165, 1.54) is 27.3 Å². The molecule has 180 valence electrons. The molecular weight excluding hydrogens is 468 g/mol. The summed E-state index contributed by atoms with van der Waals surface area (Å²) in [4.78, 5) is 37.5. The van der Waals surface area contributed by atoms with Gasteiger partial charge in [0.25, 0.3) is 11.5 Å². The number of hydrogen-bond donors (Lipinski definition) is 2. The van der Waals surface area contributed by atoms with Gasteiger partial charge in [0.2, 0.25) is 0 Å². The highest BCUT2D eigenvalue weighted by Gasteiger charge is 2.13. The van der Waals surface area contributed by atoms with E-state index in [4.69, 9.17) is 0 Å². The normalized spacial score (nSPS) is 11.1. The van der Waals surface area contributed by atoms with Gasteiger partial charge >= 0.3 is 5.69 Å². The smallest absolute Gasteiger partial charge is 0.347 e. The first-order chi connectivity index (χ1) is 17.4. The first kappa shape index (κ1) is 22.9. The van der Waals surface area contributed by atoms with E-state index in [0.29, 0.717) is 11.2 Å². The number of fused-ring (bicyclic) bond motifs is 1. The number of rotatable bonds is 6. The van der Waals surface area contributed by atoms with Crippen molar-refractivity contribution in [2.24, 2.45) is 0 Å². The maximum absolute atomic E-state index is 13.5. The van der Waals surface area contributed by atoms with E-state index in [-0.39, 0.29) is 24.3 Å². The number of H-pyrrole nitrogens is 1. The standard InChI is InChI=1S/C26H19F2N5O3/c27-21-8-6-17(12-22(21)28)14-32-10-2-5-20(25(32)35)24(34)29-13-16-3-1-4-18(11-16)19-7-9-23-30-31-26(36)33(23)15-19/h1-12,15H,13-14H2,(H,29,34)(H,31,36). The molecule has 0 unspecified atom stereocenters. The quantitative estimate of drug-likeness (QED) is 0.384. The van der Waals surface area contributed by atoms with Crippen molar-refractivity contribution in [1.29, 1.82) is 0 Å². The van der Waals surface area contributed by atoms with Crippen LogP contribution >= 0.6 is 0 Å². The van der Waals surface area contributed by atoms with Crippen LogP contribution in [0.4, 0.5) is 8.78 Å². The maximum atomic E-state index is 13.5. The van der Waals surface area contributed by atoms with Crippen molar-refractivity contribution in [2.45, 2.75) is 13.1 Å². The average molecular weight is 487 g/mol. The monoisotopic (exact) mass is 487 g/mol. The number of aromatic amines is 1. The van der Waals surface area contributed by atoms with Crippen molar-refractivity contribution in [3.05, 3.63) is 128 Å². The number of benzene rings is 2. The van der Waals surface area contributed by atoms with Gasteiger partial charge in [-0.05, 0) is 64.7 Å². The van der Waals surface area contributed by atoms with Crippen LogP contribution in [0.2, 0.25) is 0 Å². The molecule has 2 N–H and O–H groups in total. The van der Waals surface area contributed by atoms with Gasteiger partial charge in [0.05, 0.1) is 6.54 Å². The molecule has 0 spiro atoms. The molecule has 0 aliphatic rings. The second kappa shape index (κ2) is 9.41. The molecule has 0 bridgehead atoms. The van der Waals surface area contributed by atoms with Gasteiger partial charge in [0, 0.05) is 18.9 Å². The SMILES string of the molecule is O=C(NCc1cccc(-c2ccc3n[nH]c(=O)n3c2)c1)c1cccn(Cc2ccc(F)c(F)c2)c1=O. The highest BCUT2D eigenvalue weighted by atomic mass is 19.2. The molecule has 0 radical (unpaired) electrons. The topological polar surface area (TPSA) is 101 Å². The Morgan fingerprint density at radius 2 is 1.78 bits per heavy atom. The van der Waals surface area contributed by atoms with Crippen LogP contribution in [0, 0.1) is 11.6 Å². The summed E-state index contributed by atoms with van der Waals surface area (Å²) < 4.78 is 29.4. The van der Waals surface area contributed by atoms with Crippen molar-refractivity contribution < 1.29 is 13.6 Å². The Morgan fingerprint density at radius 1 is 0.917 bits per heavy atom. The number of carbonyl (C=O) groups excluding carboxylic acids is 1. The van der Waals surface area contributed by atoms with Gasteiger partial charge in [0.1, 0.15) is 5.56 Å². The van der Waals surface area contributed by atoms with Gasteiger partial charge in [-0.3, -0.25) is 9.59 Å². The maximum Gasteiger partial charge on any atom is 0.347 e. The summed E-state index contributed by atoms with van der Waals surface area (Å²) in [5.74, 6) is -2.54. The van der Waals surface area contributed by atoms with Crippen molar-refractivity contribution in [3.63, 3.8) is 0 Å². The number of nitrogens with one attached hydrogen (secondary N) is 2. The van der Waals surface area contributed by atoms with Crippen molar-refractivity contribution in [1.82, 2.24) is 24.5 Å². The summed E-state index contributed by atoms with van der Waals surface area (Å²) >= 11 is 0. The fourth-order valence-electron chi connectivity index (χ4n) is 3.88. The average Bonchev–Trinajstić information content (AvgIpc) is 3.26. The number of aromatic nitrogens is 4. The van der Waals surface area contributed by atoms with Gasteiger partial charge in [-0.2, -0.15) is 5.10 Å². The summed E-state index contributed by atoms with van der Waals surface area (Å²) in [6.45, 7) is 0.154. The first-order valence-electron chi connectivity index (χ1n) is 11.0. The summed E-state index contributed by atoms with van der Waals surface area (Å²) in [6, 6.07) is 17.3. The van der Waals surface area contributed by atoms with Gasteiger partial charge in [0.15, 0.2) is 17.3 Å². The molecule has 5 rings (SSSR count). The Kier molecular flexibility index (Phi) is 5.99. The van der Waals surface area contributed by atoms with Gasteiger partial charge in [-0.15, -0.1) is 0 Å². The predicted molar refractivity (Wildman–Crippen MR) is 129 cm³/mol. The van der Waals surface area contributed by atoms with Crippen LogP contribution < -0.4 is 16.6 Å². The molecule has 3 aromatic heterocycles. The molecule has 3 heterocycles. The Balaban J connectivity index is 1.31. The highest BCUT2D eigenvalue weighted by molar-refractivity contribution is 5.93. The molecule has 10 heteroatoms. The van der Waals surface area contributed by atoms with Crippen molar-refractivity contribution >= 4 is 11.6 Å². The van der Waals surface area contributed by atoms with Crippen molar-refractivity contribution in [2.75, 3.05) is 0 Å². The highest BCUT2D eigenvalue weighted by Crippen LogP contribution is 2.20. The zero-order valence-electron chi connectivity index (χ0n) is 18.7. The van der Waals surface area contributed by atoms with Crippen LogP contribution in [0.15, 0.2) is 88.7 Å². The number of hydrogen-bond acceptors (Lipinski definition) is 4. The molecule has 0 aliphatic carbocycles. The molecular formula is C26H19F2N5O3. The zero-order valence-corrected chi connectivity index (χ0v) is 18.7. The van der Waals surface area contributed by atoms with Gasteiger partial charge in [-0.25, -0.2) is 23.1 Å². The van der Waals surface area contributed by atoms with Crippen LogP contribution in [0.1, 0.15) is 21.5 Å². The lowest BCUT2D eigenvalue weighted by Gasteiger charge is -2.10. The minimum atomic E-state index is -1.01. The van der Waals surface area contributed by atoms with Gasteiger partial charge < -0.3 is 9.88 Å². The van der Waals surface area contributed by atoms with E-state index in [1.807, 2.05) is 30.3 Å². The zero-order chi connectivity index (χ0) is 25.2. The second-order valence-electron chi connectivity index (χ2n) is 8.16. The third-order valence-corrected chi connectivity index (χ3v) is 5.73. The lowest BCUT2D eigenvalue weighted by Crippen LogP contribution is -2.32. The van der Waals surface area contributed by atoms with E-state index in [2.05, 4.69) is 15.5 Å². The van der Waals surface area contributed by atoms with E-state index >= 15 is 0 Å². The molecule has 0 saturated heterocycles. The number of pyridine rings is 2. The molecule has 8 nitrogen and oxygen atoms in total. The Hall–Kier alpha value is -4.86. The molecule has 0 atom stereocenters. The van der Waals surface area contributed by atoms with Crippen LogP contribution in [0.25, 0.3) is 16.8 Å². The molecule has 2 aromatic carbocycles. The lowest BCUT2D eigenvalue weighted by atomic mass is 10.0. The fraction of sp³-hybridized carbons (Fsp3) is 0.0769. The minimum Gasteiger partial charge on any atom is -0.348 e. The summed E-state index contributed by atoms with van der Waals surface area (Å²) in [6.07, 6.45) is 3.16. The molecule has 5 aromatic rings. The number of amides is 1. The van der Waals surface area contributed by atoms with Crippen LogP contribution in [-0.2, 0) is 13.1 Å². The first-order valence-corrected chi connectivity index (χ1v) is 11.0. The third kappa shape index (κ3) is 4.56. The Labute approximate surface area is 202 Å². The summed E-state index contributed by atoms with van der Waals surface area (Å²) in [7, 11) is 0. The Morgan fingerprint density at radius 3 is 2.61 bits per heavy atom. The van der Waals surface area contributed by atoms with Gasteiger partial charge in [-0.1, -0.05) is 24.3 Å². The molecule has 0 saturated carbocycles. The Bertz CT molecular complexity index is 1720. The third-order valence-electron chi connectivity index (χ3n) is 5.73. The second-order valence-corrected chi connectivity index (χ2v) is 8.16. The van der Waals surface area contributed by atoms with Crippen LogP contribution in [0.5, 0.6) is 0 Å². The number of carbonyl (C=O) groups is 1. The summed E-state index contributed by atoms with van der Waals surface area (Å²) in [5, 5.41) is 9.05. The fourth-order valence-corrected chi connectivity index (χ4v) is 3.88. The number of nitrogens with zero attached hydrogens (tertiary/aromatic N) is 3. The molecule has 1 amide bonds. The number of halogens is 2. The largest absolute Gasteiger partial charge is 0.348 e. The minimum absolute atomic E-state index is 0.0106. The van der Waals surface area contributed by atoms with Crippen LogP contribution in [-0.4, -0.2) is 25.1 Å². The van der Waals surface area contributed by atoms with E-state index in [0.717, 1.165) is 28.8 Å². The lowest BCUT2D eigenvalue weighted by molar-refractivity contribution is 0.0948. The molecule has 36 heavy (non-hydrogen) atoms. The summed E-state index contributed by atoms with van der Waals surface area (Å²) in [5.41, 5.74) is 2.36. The van der Waals surface area contributed by atoms with E-state index in [9.17, 15) is 23.2 Å². The van der Waals surface area contributed by atoms with E-state index in [1.54, 1.807) is 18.3 Å². The van der Waals surface area contributed by atoms with Crippen molar-refractivity contribution in [3.8, 4) is 11.1 Å². The predicted octanol–water partition coefficient (Wildman–Crippen LogP) is 3.11. The molecule has 0 fully saturated rings.